The van der Waals surface area contributed by atoms with E-state index in [2.05, 4.69) is 13.5 Å². The van der Waals surface area contributed by atoms with Gasteiger partial charge in [0.05, 0.1) is 0 Å². The van der Waals surface area contributed by atoms with Gasteiger partial charge in [0.15, 0.2) is 0 Å². The lowest BCUT2D eigenvalue weighted by Crippen LogP contribution is -2.07. The second-order valence-electron chi connectivity index (χ2n) is 3.23. The minimum atomic E-state index is -0.416. The van der Waals surface area contributed by atoms with Crippen LogP contribution in [0.25, 0.3) is 0 Å². The van der Waals surface area contributed by atoms with Gasteiger partial charge >= 0.3 is 5.97 Å². The summed E-state index contributed by atoms with van der Waals surface area (Å²) in [4.78, 5) is 10.8. The molecule has 0 aromatic heterocycles. The van der Waals surface area contributed by atoms with Crippen LogP contribution < -0.4 is 0 Å². The Hall–Kier alpha value is -0.990. The number of carbonyl (C=O) groups excluding carboxylic acids is 1. The van der Waals surface area contributed by atoms with E-state index in [4.69, 9.17) is 9.47 Å². The van der Waals surface area contributed by atoms with E-state index >= 15 is 0 Å². The standard InChI is InChI=1S/C10H16O3/c1-3-4-5-6-7-9-12-8(2)10(11)13-9/h9H,2-7H2,1H3/t9-/m1/s1. The molecule has 0 bridgehead atoms. The molecule has 0 aromatic rings. The van der Waals surface area contributed by atoms with Crippen LogP contribution in [0.3, 0.4) is 0 Å². The molecule has 0 spiro atoms. The predicted octanol–water partition coefficient (Wildman–Crippen LogP) is 2.37. The molecule has 1 rings (SSSR count). The summed E-state index contributed by atoms with van der Waals surface area (Å²) < 4.78 is 9.98. The molecular formula is C10H16O3. The number of esters is 1. The van der Waals surface area contributed by atoms with Crippen molar-refractivity contribution in [2.45, 2.75) is 45.3 Å². The molecule has 3 heteroatoms. The van der Waals surface area contributed by atoms with Crippen LogP contribution in [0.2, 0.25) is 0 Å². The summed E-state index contributed by atoms with van der Waals surface area (Å²) in [5.41, 5.74) is 0. The van der Waals surface area contributed by atoms with Crippen LogP contribution in [0, 0.1) is 0 Å². The molecule has 13 heavy (non-hydrogen) atoms. The third-order valence-electron chi connectivity index (χ3n) is 2.03. The zero-order valence-electron chi connectivity index (χ0n) is 8.04. The van der Waals surface area contributed by atoms with Crippen LogP contribution in [0.5, 0.6) is 0 Å². The SMILES string of the molecule is C=C1O[C@@H](CCCCCC)OC1=O. The molecule has 0 aromatic carbocycles. The van der Waals surface area contributed by atoms with E-state index in [1.807, 2.05) is 0 Å². The van der Waals surface area contributed by atoms with Crippen LogP contribution in [0.15, 0.2) is 12.3 Å². The summed E-state index contributed by atoms with van der Waals surface area (Å²) in [5.74, 6) is -0.277. The average molecular weight is 184 g/mol. The third kappa shape index (κ3) is 3.09. The molecule has 0 radical (unpaired) electrons. The van der Waals surface area contributed by atoms with Crippen LogP contribution in [-0.2, 0) is 14.3 Å². The summed E-state index contributed by atoms with van der Waals surface area (Å²) >= 11 is 0. The van der Waals surface area contributed by atoms with Crippen molar-refractivity contribution in [2.24, 2.45) is 0 Å². The number of rotatable bonds is 5. The van der Waals surface area contributed by atoms with E-state index in [0.717, 1.165) is 12.8 Å². The lowest BCUT2D eigenvalue weighted by Gasteiger charge is -2.07. The topological polar surface area (TPSA) is 35.5 Å². The maximum atomic E-state index is 10.8. The highest BCUT2D eigenvalue weighted by Gasteiger charge is 2.27. The summed E-state index contributed by atoms with van der Waals surface area (Å²) in [6.07, 6.45) is 5.04. The van der Waals surface area contributed by atoms with Gasteiger partial charge in [0.1, 0.15) is 0 Å². The normalized spacial score (nSPS) is 21.5. The largest absolute Gasteiger partial charge is 0.448 e. The highest BCUT2D eigenvalue weighted by Crippen LogP contribution is 2.19. The van der Waals surface area contributed by atoms with E-state index in [0.29, 0.717) is 0 Å². The lowest BCUT2D eigenvalue weighted by molar-refractivity contribution is -0.143. The van der Waals surface area contributed by atoms with Crippen LogP contribution in [0.1, 0.15) is 39.0 Å². The minimum absolute atomic E-state index is 0.139. The Kier molecular flexibility index (Phi) is 3.80. The maximum Gasteiger partial charge on any atom is 0.376 e. The molecule has 1 saturated heterocycles. The number of cyclic esters (lactones) is 1. The Morgan fingerprint density at radius 3 is 2.62 bits per heavy atom. The fraction of sp³-hybridized carbons (Fsp3) is 0.700. The first-order valence-electron chi connectivity index (χ1n) is 4.80. The first-order valence-corrected chi connectivity index (χ1v) is 4.80. The Morgan fingerprint density at radius 2 is 2.08 bits per heavy atom. The Morgan fingerprint density at radius 1 is 1.31 bits per heavy atom. The zero-order chi connectivity index (χ0) is 9.68. The van der Waals surface area contributed by atoms with Crippen molar-refractivity contribution >= 4 is 5.97 Å². The monoisotopic (exact) mass is 184 g/mol. The molecule has 1 aliphatic heterocycles. The van der Waals surface area contributed by atoms with Gasteiger partial charge in [-0.3, -0.25) is 0 Å². The number of hydrogen-bond donors (Lipinski definition) is 0. The Balaban J connectivity index is 2.10. The summed E-state index contributed by atoms with van der Waals surface area (Å²) in [6.45, 7) is 5.59. The fourth-order valence-electron chi connectivity index (χ4n) is 1.27. The van der Waals surface area contributed by atoms with E-state index in [-0.39, 0.29) is 12.0 Å². The number of carbonyl (C=O) groups is 1. The quantitative estimate of drug-likeness (QED) is 0.374. The molecule has 0 N–H and O–H groups in total. The summed E-state index contributed by atoms with van der Waals surface area (Å²) in [5, 5.41) is 0. The number of hydrogen-bond acceptors (Lipinski definition) is 3. The van der Waals surface area contributed by atoms with Crippen molar-refractivity contribution < 1.29 is 14.3 Å². The number of ether oxygens (including phenoxy) is 2. The maximum absolute atomic E-state index is 10.8. The van der Waals surface area contributed by atoms with Gasteiger partial charge in [0.2, 0.25) is 12.0 Å². The number of unbranched alkanes of at least 4 members (excludes halogenated alkanes) is 3. The summed E-state index contributed by atoms with van der Waals surface area (Å²) in [7, 11) is 0. The first kappa shape index (κ1) is 10.1. The highest BCUT2D eigenvalue weighted by atomic mass is 16.7. The predicted molar refractivity (Wildman–Crippen MR) is 48.9 cm³/mol. The van der Waals surface area contributed by atoms with E-state index in [9.17, 15) is 4.79 Å². The smallest absolute Gasteiger partial charge is 0.376 e. The van der Waals surface area contributed by atoms with Gasteiger partial charge in [-0.05, 0) is 13.0 Å². The Bertz CT molecular complexity index is 182. The zero-order valence-corrected chi connectivity index (χ0v) is 8.04. The first-order chi connectivity index (χ1) is 6.24. The molecule has 1 aliphatic rings. The molecule has 0 saturated carbocycles. The van der Waals surface area contributed by atoms with E-state index in [1.54, 1.807) is 0 Å². The lowest BCUT2D eigenvalue weighted by atomic mass is 10.1. The Labute approximate surface area is 78.7 Å². The van der Waals surface area contributed by atoms with Gasteiger partial charge in [0, 0.05) is 6.42 Å². The minimum Gasteiger partial charge on any atom is -0.448 e. The molecule has 0 unspecified atom stereocenters. The van der Waals surface area contributed by atoms with Gasteiger partial charge in [-0.2, -0.15) is 0 Å². The highest BCUT2D eigenvalue weighted by molar-refractivity contribution is 5.86. The molecule has 1 heterocycles. The molecular weight excluding hydrogens is 168 g/mol. The van der Waals surface area contributed by atoms with Crippen molar-refractivity contribution in [1.29, 1.82) is 0 Å². The van der Waals surface area contributed by atoms with Crippen molar-refractivity contribution in [3.8, 4) is 0 Å². The van der Waals surface area contributed by atoms with E-state index in [1.165, 1.54) is 19.3 Å². The average Bonchev–Trinajstić information content (AvgIpc) is 2.41. The molecule has 3 nitrogen and oxygen atoms in total. The van der Waals surface area contributed by atoms with Gasteiger partial charge in [-0.1, -0.05) is 26.2 Å². The van der Waals surface area contributed by atoms with Gasteiger partial charge < -0.3 is 9.47 Å². The molecule has 0 aliphatic carbocycles. The van der Waals surface area contributed by atoms with Crippen LogP contribution in [0.4, 0.5) is 0 Å². The molecule has 1 atom stereocenters. The second-order valence-corrected chi connectivity index (χ2v) is 3.23. The van der Waals surface area contributed by atoms with Crippen molar-refractivity contribution in [2.75, 3.05) is 0 Å². The van der Waals surface area contributed by atoms with Crippen LogP contribution >= 0.6 is 0 Å². The van der Waals surface area contributed by atoms with Crippen molar-refractivity contribution in [3.05, 3.63) is 12.3 Å². The molecule has 0 amide bonds. The van der Waals surface area contributed by atoms with Gasteiger partial charge in [-0.25, -0.2) is 4.79 Å². The fourth-order valence-corrected chi connectivity index (χ4v) is 1.27. The van der Waals surface area contributed by atoms with Gasteiger partial charge in [0.25, 0.3) is 0 Å². The molecule has 1 fully saturated rings. The van der Waals surface area contributed by atoms with E-state index < -0.39 is 5.97 Å². The van der Waals surface area contributed by atoms with Crippen LogP contribution in [-0.4, -0.2) is 12.3 Å². The second kappa shape index (κ2) is 4.90. The van der Waals surface area contributed by atoms with Crippen molar-refractivity contribution in [3.63, 3.8) is 0 Å². The summed E-state index contributed by atoms with van der Waals surface area (Å²) in [6, 6.07) is 0. The third-order valence-corrected chi connectivity index (χ3v) is 2.03. The van der Waals surface area contributed by atoms with Gasteiger partial charge in [-0.15, -0.1) is 0 Å². The molecule has 74 valence electrons. The van der Waals surface area contributed by atoms with Crippen molar-refractivity contribution in [1.82, 2.24) is 0 Å².